The number of piperidine rings is 1. The van der Waals surface area contributed by atoms with E-state index in [9.17, 15) is 0 Å². The molecule has 2 aromatic rings. The van der Waals surface area contributed by atoms with E-state index in [1.54, 1.807) is 0 Å². The molecule has 1 aromatic carbocycles. The Bertz CT molecular complexity index is 594. The van der Waals surface area contributed by atoms with Crippen LogP contribution in [0.5, 0.6) is 0 Å². The van der Waals surface area contributed by atoms with Crippen molar-refractivity contribution < 1.29 is 0 Å². The second-order valence-electron chi connectivity index (χ2n) is 5.76. The lowest BCUT2D eigenvalue weighted by molar-refractivity contribution is 0.391. The van der Waals surface area contributed by atoms with Crippen LogP contribution in [0.1, 0.15) is 26.7 Å². The molecule has 2 atom stereocenters. The Hall–Kier alpha value is -1.77. The fourth-order valence-electron chi connectivity index (χ4n) is 3.04. The van der Waals surface area contributed by atoms with E-state index in [-0.39, 0.29) is 0 Å². The summed E-state index contributed by atoms with van der Waals surface area (Å²) in [6.07, 6.45) is 4.42. The molecule has 0 radical (unpaired) electrons. The molecule has 1 aliphatic heterocycles. The van der Waals surface area contributed by atoms with Crippen molar-refractivity contribution in [2.24, 2.45) is 5.92 Å². The predicted molar refractivity (Wildman–Crippen MR) is 81.4 cm³/mol. The summed E-state index contributed by atoms with van der Waals surface area (Å²) in [5, 5.41) is 1.06. The number of nitrogens with two attached hydrogens (primary N) is 1. The zero-order chi connectivity index (χ0) is 13.4. The summed E-state index contributed by atoms with van der Waals surface area (Å²) >= 11 is 0. The second kappa shape index (κ2) is 4.72. The average molecular weight is 255 g/mol. The van der Waals surface area contributed by atoms with E-state index < -0.39 is 0 Å². The molecule has 0 spiro atoms. The summed E-state index contributed by atoms with van der Waals surface area (Å²) in [5.74, 6) is 0.743. The van der Waals surface area contributed by atoms with Gasteiger partial charge in [-0.15, -0.1) is 0 Å². The maximum absolute atomic E-state index is 6.06. The minimum absolute atomic E-state index is 0.574. The number of hydrogen-bond acceptors (Lipinski definition) is 3. The first-order valence-electron chi connectivity index (χ1n) is 7.06. The number of nitrogens with zero attached hydrogens (tertiary/aromatic N) is 2. The van der Waals surface area contributed by atoms with Gasteiger partial charge < -0.3 is 10.6 Å². The standard InChI is InChI=1S/C16H21N3/c1-11-5-6-12(2)19(10-11)15-8-7-14(17)13-4-3-9-18-16(13)15/h3-4,7-9,11-12H,5-6,10,17H2,1-2H3. The second-order valence-corrected chi connectivity index (χ2v) is 5.76. The Kier molecular flexibility index (Phi) is 3.05. The van der Waals surface area contributed by atoms with Gasteiger partial charge in [0.2, 0.25) is 0 Å². The van der Waals surface area contributed by atoms with Crippen LogP contribution in [0.4, 0.5) is 11.4 Å². The van der Waals surface area contributed by atoms with Gasteiger partial charge in [0, 0.05) is 29.9 Å². The summed E-state index contributed by atoms with van der Waals surface area (Å²) < 4.78 is 0. The molecule has 3 rings (SSSR count). The van der Waals surface area contributed by atoms with Crippen molar-refractivity contribution in [3.63, 3.8) is 0 Å². The number of fused-ring (bicyclic) bond motifs is 1. The monoisotopic (exact) mass is 255 g/mol. The van der Waals surface area contributed by atoms with Crippen molar-refractivity contribution in [1.82, 2.24) is 4.98 Å². The summed E-state index contributed by atoms with van der Waals surface area (Å²) in [6, 6.07) is 8.71. The van der Waals surface area contributed by atoms with Gasteiger partial charge in [0.05, 0.1) is 11.2 Å². The van der Waals surface area contributed by atoms with Gasteiger partial charge in [0.15, 0.2) is 0 Å². The van der Waals surface area contributed by atoms with Crippen molar-refractivity contribution >= 4 is 22.3 Å². The van der Waals surface area contributed by atoms with Crippen molar-refractivity contribution in [3.8, 4) is 0 Å². The Balaban J connectivity index is 2.12. The van der Waals surface area contributed by atoms with E-state index in [1.807, 2.05) is 18.3 Å². The van der Waals surface area contributed by atoms with E-state index in [0.717, 1.165) is 29.1 Å². The van der Waals surface area contributed by atoms with Crippen molar-refractivity contribution in [2.75, 3.05) is 17.2 Å². The first-order valence-corrected chi connectivity index (χ1v) is 7.06. The van der Waals surface area contributed by atoms with Crippen LogP contribution in [-0.2, 0) is 0 Å². The van der Waals surface area contributed by atoms with E-state index in [2.05, 4.69) is 35.9 Å². The minimum atomic E-state index is 0.574. The van der Waals surface area contributed by atoms with Crippen LogP contribution >= 0.6 is 0 Å². The van der Waals surface area contributed by atoms with Crippen LogP contribution in [0.2, 0.25) is 0 Å². The lowest BCUT2D eigenvalue weighted by Crippen LogP contribution is -2.41. The quantitative estimate of drug-likeness (QED) is 0.794. The maximum Gasteiger partial charge on any atom is 0.0956 e. The zero-order valence-corrected chi connectivity index (χ0v) is 11.6. The van der Waals surface area contributed by atoms with E-state index >= 15 is 0 Å². The molecule has 0 saturated carbocycles. The third-order valence-corrected chi connectivity index (χ3v) is 4.21. The van der Waals surface area contributed by atoms with Gasteiger partial charge in [0.1, 0.15) is 0 Å². The minimum Gasteiger partial charge on any atom is -0.398 e. The number of pyridine rings is 1. The molecule has 2 heterocycles. The molecular weight excluding hydrogens is 234 g/mol. The van der Waals surface area contributed by atoms with Gasteiger partial charge >= 0.3 is 0 Å². The highest BCUT2D eigenvalue weighted by atomic mass is 15.2. The van der Waals surface area contributed by atoms with Gasteiger partial charge in [-0.05, 0) is 49.9 Å². The Morgan fingerprint density at radius 2 is 2.05 bits per heavy atom. The molecule has 3 heteroatoms. The van der Waals surface area contributed by atoms with Crippen LogP contribution in [0.3, 0.4) is 0 Å². The summed E-state index contributed by atoms with van der Waals surface area (Å²) in [7, 11) is 0. The smallest absolute Gasteiger partial charge is 0.0956 e. The molecule has 0 aliphatic carbocycles. The fraction of sp³-hybridized carbons (Fsp3) is 0.438. The molecular formula is C16H21N3. The number of hydrogen-bond donors (Lipinski definition) is 1. The van der Waals surface area contributed by atoms with Crippen LogP contribution in [0.25, 0.3) is 10.9 Å². The van der Waals surface area contributed by atoms with Crippen LogP contribution in [0, 0.1) is 5.92 Å². The summed E-state index contributed by atoms with van der Waals surface area (Å²) in [4.78, 5) is 7.04. The Morgan fingerprint density at radius 1 is 1.21 bits per heavy atom. The van der Waals surface area contributed by atoms with Crippen molar-refractivity contribution in [1.29, 1.82) is 0 Å². The molecule has 1 aromatic heterocycles. The highest BCUT2D eigenvalue weighted by molar-refractivity contribution is 5.98. The number of anilines is 2. The number of benzene rings is 1. The topological polar surface area (TPSA) is 42.1 Å². The molecule has 19 heavy (non-hydrogen) atoms. The molecule has 1 fully saturated rings. The van der Waals surface area contributed by atoms with Gasteiger partial charge in [-0.25, -0.2) is 0 Å². The SMILES string of the molecule is CC1CCC(C)N(c2ccc(N)c3cccnc23)C1. The molecule has 2 N–H and O–H groups in total. The predicted octanol–water partition coefficient (Wildman–Crippen LogP) is 3.44. The average Bonchev–Trinajstić information content (AvgIpc) is 2.43. The van der Waals surface area contributed by atoms with Gasteiger partial charge in [-0.1, -0.05) is 6.92 Å². The van der Waals surface area contributed by atoms with Crippen LogP contribution < -0.4 is 10.6 Å². The normalized spacial score (nSPS) is 23.8. The van der Waals surface area contributed by atoms with Gasteiger partial charge in [-0.2, -0.15) is 0 Å². The number of aromatic nitrogens is 1. The van der Waals surface area contributed by atoms with Crippen LogP contribution in [0.15, 0.2) is 30.5 Å². The summed E-state index contributed by atoms with van der Waals surface area (Å²) in [6.45, 7) is 5.74. The van der Waals surface area contributed by atoms with E-state index in [1.165, 1.54) is 18.5 Å². The lowest BCUT2D eigenvalue weighted by Gasteiger charge is -2.39. The third-order valence-electron chi connectivity index (χ3n) is 4.21. The summed E-state index contributed by atoms with van der Waals surface area (Å²) in [5.41, 5.74) is 9.12. The largest absolute Gasteiger partial charge is 0.398 e. The lowest BCUT2D eigenvalue weighted by atomic mass is 9.94. The molecule has 3 nitrogen and oxygen atoms in total. The van der Waals surface area contributed by atoms with Crippen LogP contribution in [-0.4, -0.2) is 17.6 Å². The molecule has 1 saturated heterocycles. The molecule has 0 bridgehead atoms. The van der Waals surface area contributed by atoms with Gasteiger partial charge in [0.25, 0.3) is 0 Å². The van der Waals surface area contributed by atoms with E-state index in [4.69, 9.17) is 5.73 Å². The Labute approximate surface area is 114 Å². The Morgan fingerprint density at radius 3 is 2.89 bits per heavy atom. The fourth-order valence-corrected chi connectivity index (χ4v) is 3.04. The number of nitrogen functional groups attached to an aromatic ring is 1. The first-order chi connectivity index (χ1) is 9.16. The van der Waals surface area contributed by atoms with Gasteiger partial charge in [-0.3, -0.25) is 4.98 Å². The molecule has 0 amide bonds. The highest BCUT2D eigenvalue weighted by Gasteiger charge is 2.24. The third kappa shape index (κ3) is 2.14. The maximum atomic E-state index is 6.06. The molecule has 2 unspecified atom stereocenters. The molecule has 100 valence electrons. The van der Waals surface area contributed by atoms with Crippen molar-refractivity contribution in [3.05, 3.63) is 30.5 Å². The zero-order valence-electron chi connectivity index (χ0n) is 11.6. The van der Waals surface area contributed by atoms with E-state index in [0.29, 0.717) is 6.04 Å². The van der Waals surface area contributed by atoms with Crippen molar-refractivity contribution in [2.45, 2.75) is 32.7 Å². The molecule has 1 aliphatic rings. The number of rotatable bonds is 1. The highest BCUT2D eigenvalue weighted by Crippen LogP contribution is 2.34. The first kappa shape index (κ1) is 12.3.